The molecule has 1 saturated heterocycles. The van der Waals surface area contributed by atoms with Gasteiger partial charge in [0.1, 0.15) is 12.2 Å². The summed E-state index contributed by atoms with van der Waals surface area (Å²) in [4.78, 5) is 10.5. The largest absolute Gasteiger partial charge is 0.391 e. The van der Waals surface area contributed by atoms with Crippen molar-refractivity contribution in [3.05, 3.63) is 40.6 Å². The number of aromatic nitrogens is 1. The van der Waals surface area contributed by atoms with Gasteiger partial charge >= 0.3 is 0 Å². The quantitative estimate of drug-likeness (QED) is 0.539. The van der Waals surface area contributed by atoms with E-state index in [0.29, 0.717) is 10.9 Å². The summed E-state index contributed by atoms with van der Waals surface area (Å²) in [7, 11) is 0. The summed E-state index contributed by atoms with van der Waals surface area (Å²) in [5, 5.41) is 40.9. The van der Waals surface area contributed by atoms with Gasteiger partial charge in [0.05, 0.1) is 29.0 Å². The van der Waals surface area contributed by atoms with Gasteiger partial charge in [0.15, 0.2) is 5.72 Å². The zero-order valence-corrected chi connectivity index (χ0v) is 10.9. The molecule has 0 amide bonds. The van der Waals surface area contributed by atoms with E-state index in [0.717, 1.165) is 0 Å². The fourth-order valence-corrected chi connectivity index (χ4v) is 2.77. The second kappa shape index (κ2) is 4.78. The van der Waals surface area contributed by atoms with Gasteiger partial charge in [-0.1, -0.05) is 6.07 Å². The van der Waals surface area contributed by atoms with Crippen LogP contribution >= 0.6 is 0 Å². The summed E-state index contributed by atoms with van der Waals surface area (Å²) < 4.78 is 6.84. The van der Waals surface area contributed by atoms with Crippen LogP contribution in [0.5, 0.6) is 0 Å². The van der Waals surface area contributed by atoms with Crippen molar-refractivity contribution in [2.75, 3.05) is 13.2 Å². The van der Waals surface area contributed by atoms with Crippen molar-refractivity contribution < 1.29 is 25.0 Å². The monoisotopic (exact) mass is 294 g/mol. The Balaban J connectivity index is 2.21. The molecular formula is C13H14N2O6. The van der Waals surface area contributed by atoms with Gasteiger partial charge in [0.25, 0.3) is 5.69 Å². The van der Waals surface area contributed by atoms with Crippen LogP contribution in [0.15, 0.2) is 30.5 Å². The SMILES string of the molecule is O=[N+]([O-])c1cccc2c1ccn2[C@@]1(CO)OC[C@H](O)[C@@H]1O. The van der Waals surface area contributed by atoms with Crippen LogP contribution in [0.25, 0.3) is 10.9 Å². The van der Waals surface area contributed by atoms with Crippen molar-refractivity contribution >= 4 is 16.6 Å². The molecule has 2 heterocycles. The highest BCUT2D eigenvalue weighted by molar-refractivity contribution is 5.89. The molecule has 3 atom stereocenters. The van der Waals surface area contributed by atoms with Crippen molar-refractivity contribution in [2.45, 2.75) is 17.9 Å². The number of ether oxygens (including phenoxy) is 1. The van der Waals surface area contributed by atoms with Crippen molar-refractivity contribution in [1.82, 2.24) is 4.57 Å². The Morgan fingerprint density at radius 1 is 1.43 bits per heavy atom. The Kier molecular flexibility index (Phi) is 3.18. The second-order valence-corrected chi connectivity index (χ2v) is 4.98. The zero-order valence-electron chi connectivity index (χ0n) is 10.9. The molecule has 1 aromatic carbocycles. The number of rotatable bonds is 3. The van der Waals surface area contributed by atoms with Crippen LogP contribution in [0.1, 0.15) is 0 Å². The van der Waals surface area contributed by atoms with Crippen LogP contribution in [0, 0.1) is 10.1 Å². The molecule has 8 nitrogen and oxygen atoms in total. The number of aliphatic hydroxyl groups is 3. The molecular weight excluding hydrogens is 280 g/mol. The minimum atomic E-state index is -1.55. The summed E-state index contributed by atoms with van der Waals surface area (Å²) >= 11 is 0. The average molecular weight is 294 g/mol. The highest BCUT2D eigenvalue weighted by Crippen LogP contribution is 2.36. The zero-order chi connectivity index (χ0) is 15.2. The van der Waals surface area contributed by atoms with Gasteiger partial charge in [0, 0.05) is 12.3 Å². The third-order valence-electron chi connectivity index (χ3n) is 3.87. The van der Waals surface area contributed by atoms with Crippen LogP contribution < -0.4 is 0 Å². The van der Waals surface area contributed by atoms with E-state index in [4.69, 9.17) is 4.74 Å². The maximum absolute atomic E-state index is 11.0. The van der Waals surface area contributed by atoms with E-state index in [1.54, 1.807) is 6.07 Å². The average Bonchev–Trinajstić information content (AvgIpc) is 3.02. The number of hydrogen-bond donors (Lipinski definition) is 3. The predicted molar refractivity (Wildman–Crippen MR) is 71.6 cm³/mol. The molecule has 0 spiro atoms. The highest BCUT2D eigenvalue weighted by Gasteiger charge is 2.50. The summed E-state index contributed by atoms with van der Waals surface area (Å²) in [5.74, 6) is 0. The Hall–Kier alpha value is -2.00. The van der Waals surface area contributed by atoms with Crippen LogP contribution in [0.2, 0.25) is 0 Å². The minimum Gasteiger partial charge on any atom is -0.391 e. The molecule has 0 bridgehead atoms. The molecule has 1 aliphatic rings. The number of non-ortho nitro benzene ring substituents is 1. The number of nitro benzene ring substituents is 1. The van der Waals surface area contributed by atoms with E-state index in [2.05, 4.69) is 0 Å². The van der Waals surface area contributed by atoms with Gasteiger partial charge in [0.2, 0.25) is 0 Å². The molecule has 21 heavy (non-hydrogen) atoms. The van der Waals surface area contributed by atoms with Crippen molar-refractivity contribution in [1.29, 1.82) is 0 Å². The van der Waals surface area contributed by atoms with Gasteiger partial charge in [-0.25, -0.2) is 0 Å². The summed E-state index contributed by atoms with van der Waals surface area (Å²) in [6.45, 7) is -0.700. The van der Waals surface area contributed by atoms with Gasteiger partial charge in [-0.2, -0.15) is 0 Å². The van der Waals surface area contributed by atoms with Crippen LogP contribution in [-0.2, 0) is 10.5 Å². The van der Waals surface area contributed by atoms with Crippen molar-refractivity contribution in [2.24, 2.45) is 0 Å². The van der Waals surface area contributed by atoms with Crippen LogP contribution in [0.3, 0.4) is 0 Å². The molecule has 0 aliphatic carbocycles. The van der Waals surface area contributed by atoms with Gasteiger partial charge in [-0.05, 0) is 12.1 Å². The standard InChI is InChI=1S/C13H14N2O6/c16-7-13(12(18)11(17)6-21-13)14-5-4-8-9(14)2-1-3-10(8)15(19)20/h1-5,11-12,16-18H,6-7H2/t11-,12-,13-/m0/s1. The van der Waals surface area contributed by atoms with Crippen LogP contribution in [-0.4, -0.2) is 50.2 Å². The molecule has 0 unspecified atom stereocenters. The fraction of sp³-hybridized carbons (Fsp3) is 0.385. The van der Waals surface area contributed by atoms with E-state index in [1.165, 1.54) is 29.0 Å². The van der Waals surface area contributed by atoms with Gasteiger partial charge in [-0.15, -0.1) is 0 Å². The fourth-order valence-electron chi connectivity index (χ4n) is 2.77. The Morgan fingerprint density at radius 3 is 2.76 bits per heavy atom. The lowest BCUT2D eigenvalue weighted by molar-refractivity contribution is -0.383. The Morgan fingerprint density at radius 2 is 2.19 bits per heavy atom. The minimum absolute atomic E-state index is 0.0765. The topological polar surface area (TPSA) is 118 Å². The molecule has 112 valence electrons. The van der Waals surface area contributed by atoms with Gasteiger partial charge < -0.3 is 24.6 Å². The number of aliphatic hydroxyl groups excluding tert-OH is 3. The van der Waals surface area contributed by atoms with E-state index in [1.807, 2.05) is 0 Å². The lowest BCUT2D eigenvalue weighted by atomic mass is 10.1. The number of nitrogens with zero attached hydrogens (tertiary/aromatic N) is 2. The normalized spacial score (nSPS) is 29.1. The lowest BCUT2D eigenvalue weighted by Gasteiger charge is -2.32. The Bertz CT molecular complexity index is 699. The van der Waals surface area contributed by atoms with E-state index in [9.17, 15) is 25.4 Å². The van der Waals surface area contributed by atoms with E-state index >= 15 is 0 Å². The maximum atomic E-state index is 11.0. The summed E-state index contributed by atoms with van der Waals surface area (Å²) in [5.41, 5.74) is -1.19. The molecule has 1 fully saturated rings. The first-order valence-electron chi connectivity index (χ1n) is 6.37. The maximum Gasteiger partial charge on any atom is 0.278 e. The molecule has 8 heteroatoms. The van der Waals surface area contributed by atoms with Crippen LogP contribution in [0.4, 0.5) is 5.69 Å². The molecule has 3 rings (SSSR count). The highest BCUT2D eigenvalue weighted by atomic mass is 16.6. The molecule has 0 saturated carbocycles. The van der Waals surface area contributed by atoms with Gasteiger partial charge in [-0.3, -0.25) is 10.1 Å². The van der Waals surface area contributed by atoms with E-state index in [-0.39, 0.29) is 12.3 Å². The smallest absolute Gasteiger partial charge is 0.278 e. The first-order chi connectivity index (χ1) is 10.0. The van der Waals surface area contributed by atoms with Crippen molar-refractivity contribution in [3.8, 4) is 0 Å². The summed E-state index contributed by atoms with van der Waals surface area (Å²) in [6, 6.07) is 6.03. The third-order valence-corrected chi connectivity index (χ3v) is 3.87. The van der Waals surface area contributed by atoms with E-state index < -0.39 is 29.5 Å². The second-order valence-electron chi connectivity index (χ2n) is 4.98. The number of benzene rings is 1. The molecule has 2 aromatic rings. The first kappa shape index (κ1) is 14.0. The number of nitro groups is 1. The third kappa shape index (κ3) is 1.84. The Labute approximate surface area is 119 Å². The lowest BCUT2D eigenvalue weighted by Crippen LogP contribution is -2.48. The van der Waals surface area contributed by atoms with Crippen molar-refractivity contribution in [3.63, 3.8) is 0 Å². The molecule has 1 aliphatic heterocycles. The predicted octanol–water partition coefficient (Wildman–Crippen LogP) is -0.0534. The molecule has 0 radical (unpaired) electrons. The molecule has 1 aromatic heterocycles. The number of fused-ring (bicyclic) bond motifs is 1. The molecule has 3 N–H and O–H groups in total. The number of hydrogen-bond acceptors (Lipinski definition) is 6. The summed E-state index contributed by atoms with van der Waals surface area (Å²) in [6.07, 6.45) is -0.972. The first-order valence-corrected chi connectivity index (χ1v) is 6.37.